The first kappa shape index (κ1) is 16.3. The molecule has 0 aliphatic rings. The highest BCUT2D eigenvalue weighted by Crippen LogP contribution is 2.19. The quantitative estimate of drug-likeness (QED) is 0.580. The summed E-state index contributed by atoms with van der Waals surface area (Å²) in [6.07, 6.45) is 7.25. The summed E-state index contributed by atoms with van der Waals surface area (Å²) in [4.78, 5) is 33.7. The first-order valence-electron chi connectivity index (χ1n) is 7.98. The second-order valence-corrected chi connectivity index (χ2v) is 6.50. The van der Waals surface area contributed by atoms with Crippen molar-refractivity contribution in [3.05, 3.63) is 53.7 Å². The van der Waals surface area contributed by atoms with Gasteiger partial charge in [0.1, 0.15) is 5.52 Å². The predicted octanol–water partition coefficient (Wildman–Crippen LogP) is 1.85. The van der Waals surface area contributed by atoms with Crippen LogP contribution in [-0.2, 0) is 13.5 Å². The molecule has 0 aromatic carbocycles. The van der Waals surface area contributed by atoms with E-state index in [0.717, 1.165) is 16.3 Å². The Bertz CT molecular complexity index is 1060. The molecule has 9 heteroatoms. The number of hydrogen-bond acceptors (Lipinski definition) is 7. The normalized spacial score (nSPS) is 11.0. The Balaban J connectivity index is 1.36. The van der Waals surface area contributed by atoms with Crippen LogP contribution in [0.2, 0.25) is 0 Å². The van der Waals surface area contributed by atoms with Crippen LogP contribution in [0.15, 0.2) is 42.4 Å². The lowest BCUT2D eigenvalue weighted by molar-refractivity contribution is 0.0954. The molecule has 0 aliphatic carbocycles. The summed E-state index contributed by atoms with van der Waals surface area (Å²) in [5, 5.41) is 5.62. The summed E-state index contributed by atoms with van der Waals surface area (Å²) in [6, 6.07) is 3.51. The molecule has 0 saturated heterocycles. The van der Waals surface area contributed by atoms with E-state index >= 15 is 0 Å². The van der Waals surface area contributed by atoms with Crippen molar-refractivity contribution in [2.24, 2.45) is 7.05 Å². The number of fused-ring (bicyclic) bond motifs is 1. The standard InChI is InChI=1S/C17H15N7OS/c1-24-10-22-13-7-11(8-21-15(13)24)16(25)20-6-3-12-9-26-17(23-12)14-18-4-2-5-19-14/h2,4-5,7-10H,3,6H2,1H3,(H,20,25). The minimum absolute atomic E-state index is 0.174. The van der Waals surface area contributed by atoms with Crippen LogP contribution in [0.5, 0.6) is 0 Å². The van der Waals surface area contributed by atoms with Crippen molar-refractivity contribution in [2.75, 3.05) is 6.54 Å². The van der Waals surface area contributed by atoms with E-state index in [1.54, 1.807) is 37.1 Å². The number of aromatic nitrogens is 6. The van der Waals surface area contributed by atoms with Crippen LogP contribution < -0.4 is 5.32 Å². The Labute approximate surface area is 153 Å². The van der Waals surface area contributed by atoms with Gasteiger partial charge in [0.2, 0.25) is 0 Å². The Morgan fingerprint density at radius 1 is 1.23 bits per heavy atom. The number of nitrogens with zero attached hydrogens (tertiary/aromatic N) is 6. The van der Waals surface area contributed by atoms with Crippen molar-refractivity contribution in [1.82, 2.24) is 34.8 Å². The van der Waals surface area contributed by atoms with E-state index in [9.17, 15) is 4.79 Å². The van der Waals surface area contributed by atoms with Crippen molar-refractivity contribution >= 4 is 28.4 Å². The number of imidazole rings is 1. The van der Waals surface area contributed by atoms with E-state index in [0.29, 0.717) is 29.9 Å². The highest BCUT2D eigenvalue weighted by Gasteiger charge is 2.10. The maximum absolute atomic E-state index is 12.3. The van der Waals surface area contributed by atoms with Crippen molar-refractivity contribution in [3.8, 4) is 10.8 Å². The van der Waals surface area contributed by atoms with Crippen LogP contribution in [0.1, 0.15) is 16.1 Å². The molecule has 4 aromatic heterocycles. The smallest absolute Gasteiger partial charge is 0.252 e. The summed E-state index contributed by atoms with van der Waals surface area (Å²) < 4.78 is 1.81. The molecule has 0 atom stereocenters. The number of aryl methyl sites for hydroxylation is 1. The maximum Gasteiger partial charge on any atom is 0.252 e. The van der Waals surface area contributed by atoms with Crippen molar-refractivity contribution in [3.63, 3.8) is 0 Å². The number of thiazole rings is 1. The van der Waals surface area contributed by atoms with E-state index in [2.05, 4.69) is 30.2 Å². The van der Waals surface area contributed by atoms with Gasteiger partial charge < -0.3 is 9.88 Å². The fraction of sp³-hybridized carbons (Fsp3) is 0.176. The van der Waals surface area contributed by atoms with Crippen LogP contribution in [0.3, 0.4) is 0 Å². The Morgan fingerprint density at radius 2 is 2.08 bits per heavy atom. The van der Waals surface area contributed by atoms with E-state index in [1.807, 2.05) is 17.0 Å². The predicted molar refractivity (Wildman–Crippen MR) is 97.7 cm³/mol. The molecule has 0 saturated carbocycles. The van der Waals surface area contributed by atoms with Gasteiger partial charge >= 0.3 is 0 Å². The van der Waals surface area contributed by atoms with Gasteiger partial charge in [-0.25, -0.2) is 24.9 Å². The average molecular weight is 365 g/mol. The minimum atomic E-state index is -0.174. The van der Waals surface area contributed by atoms with Gasteiger partial charge in [0.15, 0.2) is 16.5 Å². The van der Waals surface area contributed by atoms with Crippen molar-refractivity contribution in [1.29, 1.82) is 0 Å². The van der Waals surface area contributed by atoms with Crippen molar-refractivity contribution < 1.29 is 4.79 Å². The molecule has 0 radical (unpaired) electrons. The van der Waals surface area contributed by atoms with Gasteiger partial charge in [-0.15, -0.1) is 11.3 Å². The highest BCUT2D eigenvalue weighted by molar-refractivity contribution is 7.13. The van der Waals surface area contributed by atoms with Gasteiger partial charge in [0.25, 0.3) is 5.91 Å². The summed E-state index contributed by atoms with van der Waals surface area (Å²) in [7, 11) is 1.87. The maximum atomic E-state index is 12.3. The third-order valence-corrected chi connectivity index (χ3v) is 4.68. The Morgan fingerprint density at radius 3 is 2.92 bits per heavy atom. The number of nitrogens with one attached hydrogen (secondary N) is 1. The molecule has 0 fully saturated rings. The van der Waals surface area contributed by atoms with E-state index in [4.69, 9.17) is 0 Å². The van der Waals surface area contributed by atoms with Crippen LogP contribution in [0.25, 0.3) is 22.0 Å². The van der Waals surface area contributed by atoms with E-state index in [-0.39, 0.29) is 5.91 Å². The van der Waals surface area contributed by atoms with Gasteiger partial charge in [-0.1, -0.05) is 0 Å². The molecule has 4 aromatic rings. The summed E-state index contributed by atoms with van der Waals surface area (Å²) in [6.45, 7) is 0.484. The molecule has 0 bridgehead atoms. The fourth-order valence-electron chi connectivity index (χ4n) is 2.48. The second kappa shape index (κ2) is 6.96. The molecule has 130 valence electrons. The molecule has 4 rings (SSSR count). The van der Waals surface area contributed by atoms with Crippen molar-refractivity contribution in [2.45, 2.75) is 6.42 Å². The zero-order valence-corrected chi connectivity index (χ0v) is 14.8. The van der Waals surface area contributed by atoms with Gasteiger partial charge in [0.05, 0.1) is 17.6 Å². The monoisotopic (exact) mass is 365 g/mol. The first-order chi connectivity index (χ1) is 12.7. The second-order valence-electron chi connectivity index (χ2n) is 5.64. The molecule has 26 heavy (non-hydrogen) atoms. The third kappa shape index (κ3) is 3.29. The van der Waals surface area contributed by atoms with Gasteiger partial charge in [-0.2, -0.15) is 0 Å². The number of pyridine rings is 1. The Kier molecular flexibility index (Phi) is 4.36. The fourth-order valence-corrected chi connectivity index (χ4v) is 3.28. The molecular weight excluding hydrogens is 350 g/mol. The zero-order chi connectivity index (χ0) is 17.9. The van der Waals surface area contributed by atoms with Crippen LogP contribution >= 0.6 is 11.3 Å². The number of amides is 1. The third-order valence-electron chi connectivity index (χ3n) is 3.79. The number of rotatable bonds is 5. The highest BCUT2D eigenvalue weighted by atomic mass is 32.1. The summed E-state index contributed by atoms with van der Waals surface area (Å²) >= 11 is 1.49. The average Bonchev–Trinajstić information content (AvgIpc) is 3.29. The Hall–Kier alpha value is -3.20. The SMILES string of the molecule is Cn1cnc2cc(C(=O)NCCc3csc(-c4ncccn4)n3)cnc21. The molecule has 0 aliphatic heterocycles. The van der Waals surface area contributed by atoms with Gasteiger partial charge in [-0.05, 0) is 12.1 Å². The number of hydrogen-bond donors (Lipinski definition) is 1. The number of carbonyl (C=O) groups excluding carboxylic acids is 1. The minimum Gasteiger partial charge on any atom is -0.352 e. The summed E-state index contributed by atoms with van der Waals surface area (Å²) in [5.74, 6) is 0.439. The lowest BCUT2D eigenvalue weighted by Crippen LogP contribution is -2.25. The molecule has 8 nitrogen and oxygen atoms in total. The van der Waals surface area contributed by atoms with E-state index in [1.165, 1.54) is 11.3 Å². The van der Waals surface area contributed by atoms with Crippen LogP contribution in [0, 0.1) is 0 Å². The molecule has 0 unspecified atom stereocenters. The molecule has 1 amide bonds. The summed E-state index contributed by atoms with van der Waals surface area (Å²) in [5.41, 5.74) is 2.84. The van der Waals surface area contributed by atoms with E-state index < -0.39 is 0 Å². The lowest BCUT2D eigenvalue weighted by Gasteiger charge is -2.04. The molecule has 4 heterocycles. The molecule has 1 N–H and O–H groups in total. The molecular formula is C17H15N7OS. The molecule has 0 spiro atoms. The lowest BCUT2D eigenvalue weighted by atomic mass is 10.2. The van der Waals surface area contributed by atoms with Gasteiger partial charge in [0, 0.05) is 44.0 Å². The first-order valence-corrected chi connectivity index (χ1v) is 8.86. The van der Waals surface area contributed by atoms with Crippen LogP contribution in [-0.4, -0.2) is 41.9 Å². The number of carbonyl (C=O) groups is 1. The van der Waals surface area contributed by atoms with Gasteiger partial charge in [-0.3, -0.25) is 4.79 Å². The van der Waals surface area contributed by atoms with Crippen LogP contribution in [0.4, 0.5) is 0 Å². The topological polar surface area (TPSA) is 98.5 Å². The zero-order valence-electron chi connectivity index (χ0n) is 14.0. The largest absolute Gasteiger partial charge is 0.352 e.